The molecule has 2 N–H and O–H groups in total. The normalized spacial score (nSPS) is 12.1. The number of nitrogens with zero attached hydrogens (tertiary/aromatic N) is 1. The van der Waals surface area contributed by atoms with Gasteiger partial charge in [0.15, 0.2) is 11.6 Å². The summed E-state index contributed by atoms with van der Waals surface area (Å²) in [5.74, 6) is -1.87. The topological polar surface area (TPSA) is 107 Å². The zero-order valence-electron chi connectivity index (χ0n) is 11.8. The lowest BCUT2D eigenvalue weighted by molar-refractivity contribution is -0.115. The highest BCUT2D eigenvalue weighted by Crippen LogP contribution is 2.36. The molecule has 1 amide bonds. The molecule has 1 aliphatic rings. The van der Waals surface area contributed by atoms with Crippen LogP contribution < -0.4 is 5.32 Å². The smallest absolute Gasteiger partial charge is 0.238 e. The van der Waals surface area contributed by atoms with Gasteiger partial charge in [0, 0.05) is 11.1 Å². The van der Waals surface area contributed by atoms with E-state index in [2.05, 4.69) is 5.32 Å². The number of nitriles is 1. The first-order valence-electron chi connectivity index (χ1n) is 6.75. The van der Waals surface area contributed by atoms with Crippen LogP contribution in [0.5, 0.6) is 5.75 Å². The summed E-state index contributed by atoms with van der Waals surface area (Å²) in [5.41, 5.74) is 0.335. The Morgan fingerprint density at radius 3 is 2.26 bits per heavy atom. The number of ketones is 2. The van der Waals surface area contributed by atoms with Gasteiger partial charge in [-0.2, -0.15) is 5.26 Å². The Morgan fingerprint density at radius 1 is 1.04 bits per heavy atom. The van der Waals surface area contributed by atoms with Crippen molar-refractivity contribution in [3.8, 4) is 11.8 Å². The van der Waals surface area contributed by atoms with Crippen molar-refractivity contribution in [3.05, 3.63) is 58.7 Å². The second kappa shape index (κ2) is 5.39. The summed E-state index contributed by atoms with van der Waals surface area (Å²) in [7, 11) is 0. The molecule has 1 aliphatic carbocycles. The first kappa shape index (κ1) is 14.5. The molecule has 0 saturated carbocycles. The van der Waals surface area contributed by atoms with Crippen molar-refractivity contribution in [1.29, 1.82) is 5.26 Å². The predicted octanol–water partition coefficient (Wildman–Crippen LogP) is 2.02. The number of anilines is 1. The molecule has 112 valence electrons. The zero-order valence-corrected chi connectivity index (χ0v) is 11.8. The molecule has 3 rings (SSSR count). The number of benzene rings is 2. The maximum Gasteiger partial charge on any atom is 0.238 e. The standard InChI is InChI=1S/C17H10N2O4/c18-8-7-13(21)19-11-5-6-12(20)15-14(11)16(22)9-3-1-2-4-10(9)17(15)23/h1-6,20H,7H2,(H,19,21). The van der Waals surface area contributed by atoms with Gasteiger partial charge in [0.2, 0.25) is 5.91 Å². The van der Waals surface area contributed by atoms with Crippen LogP contribution in [0.25, 0.3) is 0 Å². The zero-order chi connectivity index (χ0) is 16.6. The van der Waals surface area contributed by atoms with E-state index in [1.165, 1.54) is 24.3 Å². The molecule has 2 aromatic carbocycles. The van der Waals surface area contributed by atoms with Gasteiger partial charge >= 0.3 is 0 Å². The molecule has 6 heteroatoms. The van der Waals surface area contributed by atoms with Crippen LogP contribution in [-0.4, -0.2) is 22.6 Å². The average molecular weight is 306 g/mol. The van der Waals surface area contributed by atoms with Gasteiger partial charge in [-0.15, -0.1) is 0 Å². The first-order valence-corrected chi connectivity index (χ1v) is 6.75. The third kappa shape index (κ3) is 2.24. The minimum absolute atomic E-state index is 0.0556. The van der Waals surface area contributed by atoms with Gasteiger partial charge in [-0.25, -0.2) is 0 Å². The molecule has 0 spiro atoms. The van der Waals surface area contributed by atoms with Crippen molar-refractivity contribution in [2.45, 2.75) is 6.42 Å². The van der Waals surface area contributed by atoms with E-state index >= 15 is 0 Å². The number of phenols is 1. The van der Waals surface area contributed by atoms with Crippen LogP contribution in [0.1, 0.15) is 38.3 Å². The molecule has 0 heterocycles. The van der Waals surface area contributed by atoms with E-state index in [-0.39, 0.29) is 40.1 Å². The maximum absolute atomic E-state index is 12.7. The van der Waals surface area contributed by atoms with Crippen molar-refractivity contribution < 1.29 is 19.5 Å². The molecule has 0 unspecified atom stereocenters. The largest absolute Gasteiger partial charge is 0.507 e. The minimum atomic E-state index is -0.598. The molecule has 6 nitrogen and oxygen atoms in total. The monoisotopic (exact) mass is 306 g/mol. The molecule has 2 aromatic rings. The maximum atomic E-state index is 12.7. The number of rotatable bonds is 2. The molecular weight excluding hydrogens is 296 g/mol. The highest BCUT2D eigenvalue weighted by molar-refractivity contribution is 6.31. The number of carbonyl (C=O) groups is 3. The van der Waals surface area contributed by atoms with Crippen LogP contribution in [0.4, 0.5) is 5.69 Å². The van der Waals surface area contributed by atoms with Gasteiger partial charge in [0.1, 0.15) is 12.2 Å². The van der Waals surface area contributed by atoms with Crippen LogP contribution in [0.15, 0.2) is 36.4 Å². The number of hydrogen-bond acceptors (Lipinski definition) is 5. The Bertz CT molecular complexity index is 909. The van der Waals surface area contributed by atoms with Crippen LogP contribution in [0.3, 0.4) is 0 Å². The summed E-state index contributed by atoms with van der Waals surface area (Å²) in [5, 5.41) is 21.0. The highest BCUT2D eigenvalue weighted by atomic mass is 16.3. The van der Waals surface area contributed by atoms with Crippen LogP contribution >= 0.6 is 0 Å². The Kier molecular flexibility index (Phi) is 3.39. The van der Waals surface area contributed by atoms with Crippen molar-refractivity contribution in [2.24, 2.45) is 0 Å². The number of fused-ring (bicyclic) bond motifs is 2. The van der Waals surface area contributed by atoms with E-state index in [0.29, 0.717) is 0 Å². The second-order valence-corrected chi connectivity index (χ2v) is 4.97. The Balaban J connectivity index is 2.19. The fourth-order valence-electron chi connectivity index (χ4n) is 2.58. The van der Waals surface area contributed by atoms with Gasteiger partial charge in [-0.05, 0) is 12.1 Å². The summed E-state index contributed by atoms with van der Waals surface area (Å²) >= 11 is 0. The lowest BCUT2D eigenvalue weighted by Gasteiger charge is -2.21. The molecule has 0 aromatic heterocycles. The molecule has 23 heavy (non-hydrogen) atoms. The number of aromatic hydroxyl groups is 1. The molecule has 0 saturated heterocycles. The summed E-state index contributed by atoms with van der Waals surface area (Å²) < 4.78 is 0. The van der Waals surface area contributed by atoms with E-state index in [1.807, 2.05) is 0 Å². The highest BCUT2D eigenvalue weighted by Gasteiger charge is 2.34. The van der Waals surface area contributed by atoms with E-state index in [9.17, 15) is 19.5 Å². The summed E-state index contributed by atoms with van der Waals surface area (Å²) in [6, 6.07) is 10.6. The molecule has 0 fully saturated rings. The van der Waals surface area contributed by atoms with Gasteiger partial charge in [-0.3, -0.25) is 14.4 Å². The fourth-order valence-corrected chi connectivity index (χ4v) is 2.58. The number of hydrogen-bond donors (Lipinski definition) is 2. The Morgan fingerprint density at radius 2 is 1.65 bits per heavy atom. The minimum Gasteiger partial charge on any atom is -0.507 e. The van der Waals surface area contributed by atoms with E-state index in [0.717, 1.165) is 0 Å². The lowest BCUT2D eigenvalue weighted by atomic mass is 9.82. The third-order valence-electron chi connectivity index (χ3n) is 3.57. The Hall–Kier alpha value is -3.46. The summed E-state index contributed by atoms with van der Waals surface area (Å²) in [6.07, 6.45) is -0.381. The van der Waals surface area contributed by atoms with Gasteiger partial charge < -0.3 is 10.4 Å². The van der Waals surface area contributed by atoms with E-state index < -0.39 is 17.5 Å². The molecule has 0 aliphatic heterocycles. The predicted molar refractivity (Wildman–Crippen MR) is 80.3 cm³/mol. The lowest BCUT2D eigenvalue weighted by Crippen LogP contribution is -2.24. The number of nitrogens with one attached hydrogen (secondary N) is 1. The second-order valence-electron chi connectivity index (χ2n) is 4.97. The fraction of sp³-hybridized carbons (Fsp3) is 0.0588. The van der Waals surface area contributed by atoms with E-state index in [4.69, 9.17) is 5.26 Å². The van der Waals surface area contributed by atoms with Crippen LogP contribution in [-0.2, 0) is 4.79 Å². The van der Waals surface area contributed by atoms with Crippen molar-refractivity contribution in [2.75, 3.05) is 5.32 Å². The first-order chi connectivity index (χ1) is 11.0. The van der Waals surface area contributed by atoms with Gasteiger partial charge in [0.05, 0.1) is 22.9 Å². The molecular formula is C17H10N2O4. The third-order valence-corrected chi connectivity index (χ3v) is 3.57. The summed E-state index contributed by atoms with van der Waals surface area (Å²) in [4.78, 5) is 36.9. The number of phenolic OH excluding ortho intramolecular Hbond substituents is 1. The quantitative estimate of drug-likeness (QED) is 0.704. The molecule has 0 bridgehead atoms. The van der Waals surface area contributed by atoms with Gasteiger partial charge in [-0.1, -0.05) is 24.3 Å². The average Bonchev–Trinajstić information content (AvgIpc) is 2.54. The van der Waals surface area contributed by atoms with E-state index in [1.54, 1.807) is 18.2 Å². The number of carbonyl (C=O) groups excluding carboxylic acids is 3. The SMILES string of the molecule is N#CCC(=O)Nc1ccc(O)c2c1C(=O)c1ccccc1C2=O. The van der Waals surface area contributed by atoms with Crippen molar-refractivity contribution >= 4 is 23.2 Å². The van der Waals surface area contributed by atoms with Crippen molar-refractivity contribution in [3.63, 3.8) is 0 Å². The Labute approximate surface area is 131 Å². The summed E-state index contributed by atoms with van der Waals surface area (Å²) in [6.45, 7) is 0. The molecule has 0 atom stereocenters. The number of amides is 1. The van der Waals surface area contributed by atoms with Crippen molar-refractivity contribution in [1.82, 2.24) is 0 Å². The van der Waals surface area contributed by atoms with Gasteiger partial charge in [0.25, 0.3) is 0 Å². The molecule has 0 radical (unpaired) electrons. The van der Waals surface area contributed by atoms with Crippen LogP contribution in [0.2, 0.25) is 0 Å². The van der Waals surface area contributed by atoms with Crippen LogP contribution in [0, 0.1) is 11.3 Å².